The SMILES string of the molecule is O=C1Oc2ccccc2C2Oc3c(c(=O)oc4ccccc34)C3(C(=O)Nc4ccccc43)C12. The van der Waals surface area contributed by atoms with E-state index >= 15 is 0 Å². The monoisotopic (exact) mass is 437 g/mol. The van der Waals surface area contributed by atoms with Crippen LogP contribution in [0.1, 0.15) is 22.8 Å². The highest BCUT2D eigenvalue weighted by Crippen LogP contribution is 2.60. The largest absolute Gasteiger partial charge is 0.483 e. The Bertz CT molecular complexity index is 1590. The summed E-state index contributed by atoms with van der Waals surface area (Å²) in [6.07, 6.45) is -0.836. The first-order valence-corrected chi connectivity index (χ1v) is 10.6. The molecule has 0 fully saturated rings. The van der Waals surface area contributed by atoms with Crippen LogP contribution in [0.3, 0.4) is 0 Å². The molecule has 0 bridgehead atoms. The lowest BCUT2D eigenvalue weighted by atomic mass is 9.61. The topological polar surface area (TPSA) is 94.8 Å². The highest BCUT2D eigenvalue weighted by Gasteiger charge is 2.66. The molecule has 160 valence electrons. The van der Waals surface area contributed by atoms with Gasteiger partial charge in [-0.15, -0.1) is 0 Å². The summed E-state index contributed by atoms with van der Waals surface area (Å²) in [5.74, 6) is -1.61. The van der Waals surface area contributed by atoms with Gasteiger partial charge in [0.25, 0.3) is 0 Å². The summed E-state index contributed by atoms with van der Waals surface area (Å²) >= 11 is 0. The molecule has 0 saturated heterocycles. The van der Waals surface area contributed by atoms with E-state index in [1.54, 1.807) is 60.7 Å². The summed E-state index contributed by atoms with van der Waals surface area (Å²) in [5, 5.41) is 3.42. The van der Waals surface area contributed by atoms with Crippen molar-refractivity contribution in [1.82, 2.24) is 0 Å². The summed E-state index contributed by atoms with van der Waals surface area (Å²) in [4.78, 5) is 40.7. The second-order valence-corrected chi connectivity index (χ2v) is 8.37. The predicted octanol–water partition coefficient (Wildman–Crippen LogP) is 3.70. The molecule has 4 heterocycles. The minimum absolute atomic E-state index is 0.0150. The molecule has 0 saturated carbocycles. The van der Waals surface area contributed by atoms with Gasteiger partial charge in [-0.3, -0.25) is 9.59 Å². The summed E-state index contributed by atoms with van der Waals surface area (Å²) < 4.78 is 17.7. The van der Waals surface area contributed by atoms with Crippen LogP contribution in [0, 0.1) is 5.92 Å². The first-order valence-electron chi connectivity index (χ1n) is 10.6. The van der Waals surface area contributed by atoms with Crippen molar-refractivity contribution >= 4 is 28.5 Å². The summed E-state index contributed by atoms with van der Waals surface area (Å²) in [7, 11) is 0. The van der Waals surface area contributed by atoms with E-state index in [0.29, 0.717) is 33.5 Å². The van der Waals surface area contributed by atoms with Crippen LogP contribution in [0.2, 0.25) is 0 Å². The maximum Gasteiger partial charge on any atom is 0.344 e. The van der Waals surface area contributed by atoms with Crippen molar-refractivity contribution in [3.05, 3.63) is 99.9 Å². The number of hydrogen-bond acceptors (Lipinski definition) is 6. The minimum atomic E-state index is -1.66. The van der Waals surface area contributed by atoms with E-state index in [-0.39, 0.29) is 11.3 Å². The molecule has 1 aromatic heterocycles. The molecule has 3 atom stereocenters. The molecule has 1 N–H and O–H groups in total. The Morgan fingerprint density at radius 1 is 0.848 bits per heavy atom. The Morgan fingerprint density at radius 3 is 2.52 bits per heavy atom. The number of fused-ring (bicyclic) bond motifs is 10. The number of rotatable bonds is 0. The molecule has 3 unspecified atom stereocenters. The van der Waals surface area contributed by atoms with Gasteiger partial charge in [-0.25, -0.2) is 4.79 Å². The third-order valence-corrected chi connectivity index (χ3v) is 6.82. The molecule has 3 aromatic carbocycles. The molecule has 4 aromatic rings. The van der Waals surface area contributed by atoms with Gasteiger partial charge in [0, 0.05) is 11.3 Å². The van der Waals surface area contributed by atoms with E-state index in [1.807, 2.05) is 12.1 Å². The zero-order chi connectivity index (χ0) is 22.3. The Kier molecular flexibility index (Phi) is 3.37. The van der Waals surface area contributed by atoms with Gasteiger partial charge in [-0.05, 0) is 29.8 Å². The van der Waals surface area contributed by atoms with Crippen LogP contribution in [-0.4, -0.2) is 11.9 Å². The van der Waals surface area contributed by atoms with E-state index in [0.717, 1.165) is 0 Å². The number of para-hydroxylation sites is 3. The van der Waals surface area contributed by atoms with Crippen LogP contribution in [0.25, 0.3) is 11.0 Å². The number of carbonyl (C=O) groups excluding carboxylic acids is 2. The van der Waals surface area contributed by atoms with Gasteiger partial charge < -0.3 is 19.2 Å². The molecule has 7 heteroatoms. The van der Waals surface area contributed by atoms with E-state index in [1.165, 1.54) is 0 Å². The lowest BCUT2D eigenvalue weighted by Gasteiger charge is -2.45. The molecular weight excluding hydrogens is 422 g/mol. The van der Waals surface area contributed by atoms with Crippen LogP contribution < -0.4 is 20.4 Å². The minimum Gasteiger partial charge on any atom is -0.483 e. The highest BCUT2D eigenvalue weighted by atomic mass is 16.6. The number of anilines is 1. The molecule has 3 aliphatic heterocycles. The van der Waals surface area contributed by atoms with Crippen molar-refractivity contribution in [2.45, 2.75) is 11.5 Å². The van der Waals surface area contributed by atoms with Crippen LogP contribution >= 0.6 is 0 Å². The molecule has 0 aliphatic carbocycles. The third-order valence-electron chi connectivity index (χ3n) is 6.82. The smallest absolute Gasteiger partial charge is 0.344 e. The maximum absolute atomic E-state index is 13.8. The van der Waals surface area contributed by atoms with Gasteiger partial charge in [0.05, 0.1) is 5.39 Å². The maximum atomic E-state index is 13.8. The number of esters is 1. The molecule has 3 aliphatic rings. The lowest BCUT2D eigenvalue weighted by Crippen LogP contribution is -2.57. The fourth-order valence-electron chi connectivity index (χ4n) is 5.52. The quantitative estimate of drug-likeness (QED) is 0.256. The van der Waals surface area contributed by atoms with E-state index in [9.17, 15) is 14.4 Å². The van der Waals surface area contributed by atoms with Gasteiger partial charge >= 0.3 is 11.6 Å². The molecule has 0 radical (unpaired) electrons. The average Bonchev–Trinajstić information content (AvgIpc) is 3.11. The Morgan fingerprint density at radius 2 is 1.61 bits per heavy atom. The van der Waals surface area contributed by atoms with Gasteiger partial charge in [-0.1, -0.05) is 48.5 Å². The fraction of sp³-hybridized carbons (Fsp3) is 0.115. The zero-order valence-electron chi connectivity index (χ0n) is 17.0. The first-order chi connectivity index (χ1) is 16.1. The number of carbonyl (C=O) groups is 2. The van der Waals surface area contributed by atoms with Crippen LogP contribution in [-0.2, 0) is 15.0 Å². The zero-order valence-corrected chi connectivity index (χ0v) is 17.0. The van der Waals surface area contributed by atoms with Gasteiger partial charge in [0.15, 0.2) is 0 Å². The third kappa shape index (κ3) is 2.11. The first kappa shape index (κ1) is 18.2. The highest BCUT2D eigenvalue weighted by molar-refractivity contribution is 6.13. The van der Waals surface area contributed by atoms with Crippen molar-refractivity contribution < 1.29 is 23.5 Å². The summed E-state index contributed by atoms with van der Waals surface area (Å²) in [6.45, 7) is 0. The molecule has 7 rings (SSSR count). The number of amides is 1. The van der Waals surface area contributed by atoms with E-state index in [2.05, 4.69) is 5.32 Å². The summed E-state index contributed by atoms with van der Waals surface area (Å²) in [5.41, 5.74) is -0.331. The van der Waals surface area contributed by atoms with Crippen LogP contribution in [0.4, 0.5) is 5.69 Å². The molecule has 1 amide bonds. The molecule has 1 spiro atoms. The van der Waals surface area contributed by atoms with Crippen molar-refractivity contribution in [2.24, 2.45) is 5.92 Å². The Hall–Kier alpha value is -4.39. The lowest BCUT2D eigenvalue weighted by molar-refractivity contribution is -0.152. The van der Waals surface area contributed by atoms with Crippen molar-refractivity contribution in [3.63, 3.8) is 0 Å². The van der Waals surface area contributed by atoms with E-state index in [4.69, 9.17) is 13.9 Å². The molecular formula is C26H15NO6. The number of nitrogens with one attached hydrogen (secondary N) is 1. The van der Waals surface area contributed by atoms with Crippen molar-refractivity contribution in [1.29, 1.82) is 0 Å². The Labute approximate surface area is 186 Å². The predicted molar refractivity (Wildman–Crippen MR) is 117 cm³/mol. The second-order valence-electron chi connectivity index (χ2n) is 8.37. The number of ether oxygens (including phenoxy) is 2. The van der Waals surface area contributed by atoms with Crippen molar-refractivity contribution in [3.8, 4) is 11.5 Å². The molecule has 7 nitrogen and oxygen atoms in total. The van der Waals surface area contributed by atoms with Crippen LogP contribution in [0.5, 0.6) is 11.5 Å². The standard InChI is InChI=1S/C26H15NO6/c28-23-19-21(13-7-1-5-11-17(13)31-23)33-22-14-8-2-6-12-18(14)32-24(29)20(22)26(19)15-9-3-4-10-16(15)27-25(26)30/h1-12,19,21H,(H,27,30). The fourth-order valence-corrected chi connectivity index (χ4v) is 5.52. The van der Waals surface area contributed by atoms with Gasteiger partial charge in [0.1, 0.15) is 40.1 Å². The Balaban J connectivity index is 1.67. The number of hydrogen-bond donors (Lipinski definition) is 1. The van der Waals surface area contributed by atoms with Crippen molar-refractivity contribution in [2.75, 3.05) is 5.32 Å². The normalized spacial score (nSPS) is 24.2. The summed E-state index contributed by atoms with van der Waals surface area (Å²) in [6, 6.07) is 21.1. The van der Waals surface area contributed by atoms with E-state index < -0.39 is 34.9 Å². The van der Waals surface area contributed by atoms with Gasteiger partial charge in [0.2, 0.25) is 5.91 Å². The molecule has 33 heavy (non-hydrogen) atoms. The van der Waals surface area contributed by atoms with Crippen LogP contribution in [0.15, 0.2) is 82.0 Å². The average molecular weight is 437 g/mol. The van der Waals surface area contributed by atoms with Gasteiger partial charge in [-0.2, -0.15) is 0 Å². The number of benzene rings is 3. The second kappa shape index (κ2) is 6.10.